The molecular weight excluding hydrogens is 280 g/mol. The van der Waals surface area contributed by atoms with E-state index in [2.05, 4.69) is 0 Å². The highest BCUT2D eigenvalue weighted by Gasteiger charge is 2.30. The Morgan fingerprint density at radius 2 is 1.78 bits per heavy atom. The van der Waals surface area contributed by atoms with Gasteiger partial charge in [0.25, 0.3) is 0 Å². The molecule has 1 aromatic rings. The van der Waals surface area contributed by atoms with E-state index in [1.165, 1.54) is 0 Å². The highest BCUT2D eigenvalue weighted by atomic mass is 32.2. The molecule has 0 saturated carbocycles. The lowest BCUT2D eigenvalue weighted by molar-refractivity contribution is 0.422. The molecule has 0 unspecified atom stereocenters. The molecule has 0 atom stereocenters. The van der Waals surface area contributed by atoms with Crippen molar-refractivity contribution >= 4 is 21.8 Å². The third kappa shape index (κ3) is 2.67. The molecule has 1 aliphatic heterocycles. The Hall–Kier alpha value is -0.660. The summed E-state index contributed by atoms with van der Waals surface area (Å²) in [5.41, 5.74) is 0. The number of halogens is 2. The first-order valence-corrected chi connectivity index (χ1v) is 8.15. The third-order valence-electron chi connectivity index (χ3n) is 2.70. The first kappa shape index (κ1) is 13.8. The van der Waals surface area contributed by atoms with Gasteiger partial charge in [-0.05, 0) is 24.3 Å². The van der Waals surface area contributed by atoms with Gasteiger partial charge in [-0.15, -0.1) is 0 Å². The molecule has 1 aliphatic rings. The van der Waals surface area contributed by atoms with Gasteiger partial charge in [0.2, 0.25) is 10.0 Å². The third-order valence-corrected chi connectivity index (χ3v) is 5.70. The van der Waals surface area contributed by atoms with Crippen LogP contribution in [0, 0.1) is 11.6 Å². The molecule has 7 heteroatoms. The maximum absolute atomic E-state index is 13.6. The highest BCUT2D eigenvalue weighted by Crippen LogP contribution is 2.24. The van der Waals surface area contributed by atoms with Crippen LogP contribution in [-0.2, 0) is 10.0 Å². The second-order valence-electron chi connectivity index (χ2n) is 3.92. The van der Waals surface area contributed by atoms with Gasteiger partial charge in [0.15, 0.2) is 4.90 Å². The van der Waals surface area contributed by atoms with Gasteiger partial charge < -0.3 is 0 Å². The average molecular weight is 293 g/mol. The monoisotopic (exact) mass is 293 g/mol. The molecule has 1 heterocycles. The van der Waals surface area contributed by atoms with E-state index in [9.17, 15) is 17.2 Å². The van der Waals surface area contributed by atoms with Gasteiger partial charge in [0.1, 0.15) is 11.6 Å². The number of nitrogens with zero attached hydrogens (tertiary/aromatic N) is 1. The molecule has 0 spiro atoms. The summed E-state index contributed by atoms with van der Waals surface area (Å²) in [7, 11) is -4.08. The Bertz CT molecular complexity index is 506. The lowest BCUT2D eigenvalue weighted by atomic mass is 10.3. The molecule has 0 aromatic heterocycles. The summed E-state index contributed by atoms with van der Waals surface area (Å²) in [5, 5.41) is 0. The van der Waals surface area contributed by atoms with Crippen LogP contribution in [-0.4, -0.2) is 37.3 Å². The molecule has 0 aliphatic carbocycles. The molecule has 2 rings (SSSR count). The second kappa shape index (κ2) is 5.54. The summed E-state index contributed by atoms with van der Waals surface area (Å²) in [6.45, 7) is 0.601. The number of hydrogen-bond donors (Lipinski definition) is 0. The molecule has 100 valence electrons. The maximum Gasteiger partial charge on any atom is 0.248 e. The molecule has 0 amide bonds. The minimum atomic E-state index is -4.08. The van der Waals surface area contributed by atoms with Crippen molar-refractivity contribution in [3.63, 3.8) is 0 Å². The summed E-state index contributed by atoms with van der Waals surface area (Å²) in [6.07, 6.45) is 0.694. The van der Waals surface area contributed by atoms with Gasteiger partial charge in [0.05, 0.1) is 0 Å². The van der Waals surface area contributed by atoms with Gasteiger partial charge in [0, 0.05) is 18.8 Å². The van der Waals surface area contributed by atoms with Gasteiger partial charge in [-0.25, -0.2) is 17.2 Å². The first-order valence-electron chi connectivity index (χ1n) is 5.55. The zero-order chi connectivity index (χ0) is 13.2. The predicted molar refractivity (Wildman–Crippen MR) is 67.1 cm³/mol. The molecule has 0 N–H and O–H groups in total. The largest absolute Gasteiger partial charge is 0.248 e. The normalized spacial score (nSPS) is 18.6. The highest BCUT2D eigenvalue weighted by molar-refractivity contribution is 7.99. The van der Waals surface area contributed by atoms with E-state index in [1.54, 1.807) is 11.8 Å². The van der Waals surface area contributed by atoms with E-state index < -0.39 is 26.6 Å². The van der Waals surface area contributed by atoms with Crippen molar-refractivity contribution in [2.75, 3.05) is 24.6 Å². The van der Waals surface area contributed by atoms with E-state index in [4.69, 9.17) is 0 Å². The van der Waals surface area contributed by atoms with Gasteiger partial charge in [-0.2, -0.15) is 16.1 Å². The van der Waals surface area contributed by atoms with Crippen LogP contribution >= 0.6 is 11.8 Å². The lowest BCUT2D eigenvalue weighted by Gasteiger charge is -2.20. The van der Waals surface area contributed by atoms with Crippen LogP contribution in [0.5, 0.6) is 0 Å². The maximum atomic E-state index is 13.6. The van der Waals surface area contributed by atoms with E-state index in [-0.39, 0.29) is 0 Å². The quantitative estimate of drug-likeness (QED) is 0.838. The van der Waals surface area contributed by atoms with Gasteiger partial charge in [-0.3, -0.25) is 0 Å². The first-order chi connectivity index (χ1) is 8.53. The van der Waals surface area contributed by atoms with Crippen molar-refractivity contribution in [1.82, 2.24) is 4.31 Å². The van der Waals surface area contributed by atoms with Crippen LogP contribution in [0.25, 0.3) is 0 Å². The van der Waals surface area contributed by atoms with Crippen molar-refractivity contribution in [2.45, 2.75) is 11.3 Å². The van der Waals surface area contributed by atoms with Crippen molar-refractivity contribution in [3.8, 4) is 0 Å². The minimum Gasteiger partial charge on any atom is -0.207 e. The number of sulfonamides is 1. The van der Waals surface area contributed by atoms with Crippen LogP contribution in [0.2, 0.25) is 0 Å². The van der Waals surface area contributed by atoms with Crippen LogP contribution in [0.1, 0.15) is 6.42 Å². The fourth-order valence-corrected chi connectivity index (χ4v) is 4.41. The Morgan fingerprint density at radius 3 is 2.44 bits per heavy atom. The standard InChI is InChI=1S/C11H13F2NO2S2/c12-9-3-1-4-10(13)11(9)18(15,16)14-5-2-7-17-8-6-14/h1,3-4H,2,5-8H2. The molecule has 0 radical (unpaired) electrons. The van der Waals surface area contributed by atoms with E-state index in [1.807, 2.05) is 0 Å². The second-order valence-corrected chi connectivity index (χ2v) is 7.02. The Morgan fingerprint density at radius 1 is 1.11 bits per heavy atom. The van der Waals surface area contributed by atoms with Crippen molar-refractivity contribution in [2.24, 2.45) is 0 Å². The summed E-state index contributed by atoms with van der Waals surface area (Å²) >= 11 is 1.65. The zero-order valence-electron chi connectivity index (χ0n) is 9.60. The topological polar surface area (TPSA) is 37.4 Å². The van der Waals surface area contributed by atoms with Crippen LogP contribution < -0.4 is 0 Å². The molecule has 18 heavy (non-hydrogen) atoms. The van der Waals surface area contributed by atoms with E-state index >= 15 is 0 Å². The van der Waals surface area contributed by atoms with Gasteiger partial charge in [-0.1, -0.05) is 6.07 Å². The summed E-state index contributed by atoms with van der Waals surface area (Å²) < 4.78 is 52.7. The van der Waals surface area contributed by atoms with Crippen molar-refractivity contribution < 1.29 is 17.2 Å². The fourth-order valence-electron chi connectivity index (χ4n) is 1.82. The lowest BCUT2D eigenvalue weighted by Crippen LogP contribution is -2.34. The van der Waals surface area contributed by atoms with Crippen molar-refractivity contribution in [1.29, 1.82) is 0 Å². The number of hydrogen-bond acceptors (Lipinski definition) is 3. The fraction of sp³-hybridized carbons (Fsp3) is 0.455. The Labute approximate surface area is 109 Å². The number of thioether (sulfide) groups is 1. The number of rotatable bonds is 2. The molecule has 0 bridgehead atoms. The number of benzene rings is 1. The Balaban J connectivity index is 2.41. The van der Waals surface area contributed by atoms with Crippen LogP contribution in [0.3, 0.4) is 0 Å². The predicted octanol–water partition coefficient (Wildman–Crippen LogP) is 2.09. The van der Waals surface area contributed by atoms with E-state index in [0.717, 1.165) is 28.3 Å². The van der Waals surface area contributed by atoms with Crippen molar-refractivity contribution in [3.05, 3.63) is 29.8 Å². The molecule has 3 nitrogen and oxygen atoms in total. The molecular formula is C11H13F2NO2S2. The Kier molecular flexibility index (Phi) is 4.24. The van der Waals surface area contributed by atoms with Crippen LogP contribution in [0.15, 0.2) is 23.1 Å². The zero-order valence-corrected chi connectivity index (χ0v) is 11.2. The smallest absolute Gasteiger partial charge is 0.207 e. The summed E-state index contributed by atoms with van der Waals surface area (Å²) in [6, 6.07) is 3.08. The van der Waals surface area contributed by atoms with Gasteiger partial charge >= 0.3 is 0 Å². The molecule has 1 saturated heterocycles. The van der Waals surface area contributed by atoms with Crippen LogP contribution in [0.4, 0.5) is 8.78 Å². The molecule has 1 fully saturated rings. The average Bonchev–Trinajstić information content (AvgIpc) is 2.57. The minimum absolute atomic E-state index is 0.292. The van der Waals surface area contributed by atoms with E-state index in [0.29, 0.717) is 25.3 Å². The SMILES string of the molecule is O=S(=O)(c1c(F)cccc1F)N1CCCSCC1. The summed E-state index contributed by atoms with van der Waals surface area (Å²) in [5.74, 6) is -0.556. The summed E-state index contributed by atoms with van der Waals surface area (Å²) in [4.78, 5) is -0.836. The molecule has 1 aromatic carbocycles.